The van der Waals surface area contributed by atoms with E-state index in [-0.39, 0.29) is 30.0 Å². The molecular weight excluding hydrogens is 457 g/mol. The predicted octanol–water partition coefficient (Wildman–Crippen LogP) is 3.85. The van der Waals surface area contributed by atoms with Crippen molar-refractivity contribution in [3.05, 3.63) is 41.5 Å². The summed E-state index contributed by atoms with van der Waals surface area (Å²) in [5, 5.41) is 10.5. The quantitative estimate of drug-likeness (QED) is 0.335. The molecule has 0 saturated carbocycles. The number of nitrogens with one attached hydrogen (secondary N) is 2. The van der Waals surface area contributed by atoms with Crippen LogP contribution in [0.5, 0.6) is 5.75 Å². The van der Waals surface area contributed by atoms with Crippen LogP contribution < -0.4 is 15.4 Å². The van der Waals surface area contributed by atoms with Crippen LogP contribution in [0.2, 0.25) is 0 Å². The Morgan fingerprint density at radius 2 is 1.93 bits per heavy atom. The number of nitrogens with zero attached hydrogens (tertiary/aromatic N) is 3. The lowest BCUT2D eigenvalue weighted by Crippen LogP contribution is -2.38. The first-order valence-corrected chi connectivity index (χ1v) is 9.04. The zero-order valence-corrected chi connectivity index (χ0v) is 19.0. The van der Waals surface area contributed by atoms with Gasteiger partial charge in [0.15, 0.2) is 11.8 Å². The number of hydrogen-bond donors (Lipinski definition) is 2. The van der Waals surface area contributed by atoms with Crippen LogP contribution in [0.1, 0.15) is 51.0 Å². The maximum Gasteiger partial charge on any atom is 0.223 e. The zero-order chi connectivity index (χ0) is 18.9. The van der Waals surface area contributed by atoms with E-state index in [9.17, 15) is 0 Å². The summed E-state index contributed by atoms with van der Waals surface area (Å²) < 4.78 is 10.7. The predicted molar refractivity (Wildman–Crippen MR) is 118 cm³/mol. The highest BCUT2D eigenvalue weighted by Crippen LogP contribution is 2.18. The van der Waals surface area contributed by atoms with Gasteiger partial charge in [-0.25, -0.2) is 4.99 Å². The fraction of sp³-hybridized carbons (Fsp3) is 0.526. The van der Waals surface area contributed by atoms with Gasteiger partial charge in [0.25, 0.3) is 0 Å². The van der Waals surface area contributed by atoms with Crippen LogP contribution >= 0.6 is 24.0 Å². The lowest BCUT2D eigenvalue weighted by Gasteiger charge is -2.18. The van der Waals surface area contributed by atoms with Crippen molar-refractivity contribution < 1.29 is 9.26 Å². The van der Waals surface area contributed by atoms with Gasteiger partial charge < -0.3 is 19.9 Å². The van der Waals surface area contributed by atoms with Gasteiger partial charge in [-0.1, -0.05) is 31.1 Å². The minimum absolute atomic E-state index is 0. The Kier molecular flexibility index (Phi) is 10.1. The van der Waals surface area contributed by atoms with Crippen LogP contribution in [-0.4, -0.2) is 29.3 Å². The first-order chi connectivity index (χ1) is 12.5. The first-order valence-electron chi connectivity index (χ1n) is 9.04. The van der Waals surface area contributed by atoms with E-state index in [1.807, 2.05) is 19.1 Å². The smallest absolute Gasteiger partial charge is 0.223 e. The molecule has 1 heterocycles. The summed E-state index contributed by atoms with van der Waals surface area (Å²) in [4.78, 5) is 8.68. The average Bonchev–Trinajstić information content (AvgIpc) is 3.04. The van der Waals surface area contributed by atoms with Crippen molar-refractivity contribution in [2.75, 3.05) is 13.2 Å². The molecule has 8 heteroatoms. The fourth-order valence-corrected chi connectivity index (χ4v) is 2.28. The summed E-state index contributed by atoms with van der Waals surface area (Å²) in [5.41, 5.74) is 1.16. The molecule has 2 aromatic rings. The molecule has 1 unspecified atom stereocenters. The van der Waals surface area contributed by atoms with Gasteiger partial charge in [0.2, 0.25) is 5.89 Å². The Morgan fingerprint density at radius 3 is 2.48 bits per heavy atom. The van der Waals surface area contributed by atoms with Crippen molar-refractivity contribution in [3.8, 4) is 5.75 Å². The van der Waals surface area contributed by atoms with Crippen molar-refractivity contribution >= 4 is 29.9 Å². The minimum atomic E-state index is 0. The third kappa shape index (κ3) is 8.15. The van der Waals surface area contributed by atoms with E-state index in [1.54, 1.807) is 6.92 Å². The topological polar surface area (TPSA) is 84.6 Å². The Hall–Kier alpha value is -1.84. The van der Waals surface area contributed by atoms with Crippen molar-refractivity contribution in [3.63, 3.8) is 0 Å². The Morgan fingerprint density at radius 1 is 1.22 bits per heavy atom. The molecule has 1 atom stereocenters. The van der Waals surface area contributed by atoms with Gasteiger partial charge in [-0.3, -0.25) is 0 Å². The largest absolute Gasteiger partial charge is 0.493 e. The van der Waals surface area contributed by atoms with Crippen molar-refractivity contribution in [1.29, 1.82) is 0 Å². The number of guanidine groups is 1. The van der Waals surface area contributed by atoms with Gasteiger partial charge in [-0.15, -0.1) is 24.0 Å². The second-order valence-corrected chi connectivity index (χ2v) is 6.56. The number of aryl methyl sites for hydroxylation is 1. The molecule has 0 aliphatic carbocycles. The fourth-order valence-electron chi connectivity index (χ4n) is 2.28. The maximum absolute atomic E-state index is 5.73. The summed E-state index contributed by atoms with van der Waals surface area (Å²) >= 11 is 0. The number of halogens is 1. The highest BCUT2D eigenvalue weighted by atomic mass is 127. The van der Waals surface area contributed by atoms with Crippen LogP contribution in [0.15, 0.2) is 33.8 Å². The van der Waals surface area contributed by atoms with Crippen molar-refractivity contribution in [2.24, 2.45) is 10.9 Å². The monoisotopic (exact) mass is 487 g/mol. The van der Waals surface area contributed by atoms with Crippen molar-refractivity contribution in [2.45, 2.75) is 47.2 Å². The van der Waals surface area contributed by atoms with E-state index < -0.39 is 0 Å². The minimum Gasteiger partial charge on any atom is -0.493 e. The molecule has 0 aliphatic rings. The molecule has 0 fully saturated rings. The molecule has 0 aliphatic heterocycles. The first kappa shape index (κ1) is 23.2. The molecule has 2 N–H and O–H groups in total. The summed E-state index contributed by atoms with van der Waals surface area (Å²) in [7, 11) is 0. The van der Waals surface area contributed by atoms with Gasteiger partial charge in [0, 0.05) is 13.5 Å². The van der Waals surface area contributed by atoms with Gasteiger partial charge >= 0.3 is 0 Å². The summed E-state index contributed by atoms with van der Waals surface area (Å²) in [5.74, 6) is 3.22. The zero-order valence-electron chi connectivity index (χ0n) is 16.7. The van der Waals surface area contributed by atoms with E-state index in [2.05, 4.69) is 58.7 Å². The normalized spacial score (nSPS) is 12.4. The molecule has 2 rings (SSSR count). The molecule has 27 heavy (non-hydrogen) atoms. The van der Waals surface area contributed by atoms with E-state index in [0.29, 0.717) is 30.1 Å². The number of rotatable bonds is 8. The van der Waals surface area contributed by atoms with Crippen molar-refractivity contribution in [1.82, 2.24) is 20.8 Å². The summed E-state index contributed by atoms with van der Waals surface area (Å²) in [6.45, 7) is 12.0. The number of benzene rings is 1. The second-order valence-electron chi connectivity index (χ2n) is 6.56. The van der Waals surface area contributed by atoms with Crippen LogP contribution in [0.3, 0.4) is 0 Å². The third-order valence-electron chi connectivity index (χ3n) is 3.61. The van der Waals surface area contributed by atoms with Gasteiger partial charge in [0.1, 0.15) is 12.3 Å². The molecule has 1 aromatic carbocycles. The van der Waals surface area contributed by atoms with E-state index in [4.69, 9.17) is 9.26 Å². The Balaban J connectivity index is 0.00000364. The number of aliphatic imine (C=N–C) groups is 1. The highest BCUT2D eigenvalue weighted by Gasteiger charge is 2.09. The third-order valence-corrected chi connectivity index (χ3v) is 3.61. The molecule has 1 aromatic heterocycles. The number of ether oxygens (including phenoxy) is 1. The Bertz CT molecular complexity index is 700. The van der Waals surface area contributed by atoms with Crippen LogP contribution in [0.4, 0.5) is 0 Å². The molecular formula is C19H30IN5O2. The number of hydrogen-bond acceptors (Lipinski definition) is 5. The van der Waals surface area contributed by atoms with Crippen LogP contribution in [-0.2, 0) is 6.54 Å². The molecule has 150 valence electrons. The maximum atomic E-state index is 5.73. The lowest BCUT2D eigenvalue weighted by molar-refractivity contribution is 0.271. The summed E-state index contributed by atoms with van der Waals surface area (Å²) in [6.07, 6.45) is 0. The highest BCUT2D eigenvalue weighted by molar-refractivity contribution is 14.0. The Labute approximate surface area is 178 Å². The van der Waals surface area contributed by atoms with Gasteiger partial charge in [-0.05, 0) is 37.5 Å². The molecule has 0 amide bonds. The second kappa shape index (κ2) is 11.8. The molecule has 0 saturated heterocycles. The molecule has 0 radical (unpaired) electrons. The van der Waals surface area contributed by atoms with E-state index >= 15 is 0 Å². The lowest BCUT2D eigenvalue weighted by atomic mass is 10.1. The van der Waals surface area contributed by atoms with Gasteiger partial charge in [-0.2, -0.15) is 4.98 Å². The standard InChI is InChI=1S/C19H29N5O2.HI/c1-6-20-19(21-11-18-23-15(5)26-24-18)22-14(4)16-7-9-17(10-8-16)25-12-13(2)3;/h7-10,13-14H,6,11-12H2,1-5H3,(H2,20,21,22);1H. The number of aromatic nitrogens is 2. The SMILES string of the molecule is CCNC(=NCc1noc(C)n1)NC(C)c1ccc(OCC(C)C)cc1.I. The molecule has 0 bridgehead atoms. The molecule has 7 nitrogen and oxygen atoms in total. The average molecular weight is 487 g/mol. The van der Waals surface area contributed by atoms with Gasteiger partial charge in [0.05, 0.1) is 12.6 Å². The molecule has 0 spiro atoms. The summed E-state index contributed by atoms with van der Waals surface area (Å²) in [6, 6.07) is 8.24. The van der Waals surface area contributed by atoms with E-state index in [0.717, 1.165) is 24.5 Å². The van der Waals surface area contributed by atoms with E-state index in [1.165, 1.54) is 0 Å². The van der Waals surface area contributed by atoms with Crippen LogP contribution in [0, 0.1) is 12.8 Å². The van der Waals surface area contributed by atoms with Crippen LogP contribution in [0.25, 0.3) is 0 Å².